The summed E-state index contributed by atoms with van der Waals surface area (Å²) in [5.74, 6) is -0.391. The highest BCUT2D eigenvalue weighted by molar-refractivity contribution is 14.1. The Hall–Kier alpha value is -1.45. The van der Waals surface area contributed by atoms with Gasteiger partial charge in [-0.05, 0) is 41.5 Å². The Kier molecular flexibility index (Phi) is 5.10. The molecule has 2 amide bonds. The topological polar surface area (TPSA) is 80.1 Å². The number of rotatable bonds is 4. The van der Waals surface area contributed by atoms with Gasteiger partial charge in [0.15, 0.2) is 0 Å². The molecule has 0 atom stereocenters. The van der Waals surface area contributed by atoms with E-state index >= 15 is 0 Å². The maximum absolute atomic E-state index is 11.9. The molecular weight excluding hydrogens is 373 g/mol. The van der Waals surface area contributed by atoms with Crippen LogP contribution in [0, 0.1) is 3.70 Å². The van der Waals surface area contributed by atoms with Gasteiger partial charge in [0, 0.05) is 13.1 Å². The zero-order valence-electron chi connectivity index (χ0n) is 11.0. The van der Waals surface area contributed by atoms with Gasteiger partial charge in [-0.25, -0.2) is 4.68 Å². The molecule has 1 N–H and O–H groups in total. The quantitative estimate of drug-likeness (QED) is 0.596. The lowest BCUT2D eigenvalue weighted by molar-refractivity contribution is -0.133. The molecule has 1 fully saturated rings. The van der Waals surface area contributed by atoms with Crippen LogP contribution in [0.3, 0.4) is 0 Å². The molecule has 1 aliphatic rings. The fourth-order valence-electron chi connectivity index (χ4n) is 2.18. The second-order valence-electron chi connectivity index (χ2n) is 4.54. The molecule has 2 heterocycles. The number of piperidine rings is 1. The molecule has 0 saturated carbocycles. The van der Waals surface area contributed by atoms with Gasteiger partial charge in [0.05, 0.1) is 18.8 Å². The third kappa shape index (κ3) is 3.56. The third-order valence-corrected chi connectivity index (χ3v) is 4.07. The van der Waals surface area contributed by atoms with Crippen LogP contribution in [0.15, 0.2) is 18.9 Å². The summed E-state index contributed by atoms with van der Waals surface area (Å²) in [6.45, 7) is 4.71. The molecule has 108 valence electrons. The highest BCUT2D eigenvalue weighted by Gasteiger charge is 2.25. The molecule has 1 saturated heterocycles. The average Bonchev–Trinajstić information content (AvgIpc) is 2.90. The maximum Gasteiger partial charge on any atom is 0.243 e. The maximum atomic E-state index is 11.9. The summed E-state index contributed by atoms with van der Waals surface area (Å²) in [5, 5.41) is 10.4. The van der Waals surface area contributed by atoms with Crippen LogP contribution in [-0.2, 0) is 9.59 Å². The first-order chi connectivity index (χ1) is 9.61. The summed E-state index contributed by atoms with van der Waals surface area (Å²) < 4.78 is 2.91. The molecule has 1 aromatic rings. The third-order valence-electron chi connectivity index (χ3n) is 3.29. The van der Waals surface area contributed by atoms with E-state index in [0.29, 0.717) is 13.1 Å². The molecule has 8 heteroatoms. The van der Waals surface area contributed by atoms with Crippen LogP contribution >= 0.6 is 22.6 Å². The first kappa shape index (κ1) is 14.9. The predicted molar refractivity (Wildman–Crippen MR) is 80.8 cm³/mol. The van der Waals surface area contributed by atoms with Crippen LogP contribution in [0.1, 0.15) is 18.9 Å². The van der Waals surface area contributed by atoms with Gasteiger partial charge in [-0.15, -0.1) is 5.10 Å². The van der Waals surface area contributed by atoms with Crippen molar-refractivity contribution in [3.05, 3.63) is 22.6 Å². The summed E-state index contributed by atoms with van der Waals surface area (Å²) in [7, 11) is 0. The van der Waals surface area contributed by atoms with E-state index in [4.69, 9.17) is 0 Å². The highest BCUT2D eigenvalue weighted by atomic mass is 127. The van der Waals surface area contributed by atoms with Crippen LogP contribution in [0.2, 0.25) is 0 Å². The van der Waals surface area contributed by atoms with Gasteiger partial charge in [-0.2, -0.15) is 0 Å². The van der Waals surface area contributed by atoms with E-state index in [1.807, 2.05) is 4.68 Å². The number of halogens is 1. The van der Waals surface area contributed by atoms with Crippen molar-refractivity contribution in [1.82, 2.24) is 25.2 Å². The van der Waals surface area contributed by atoms with E-state index < -0.39 is 0 Å². The van der Waals surface area contributed by atoms with E-state index in [2.05, 4.69) is 44.8 Å². The van der Waals surface area contributed by atoms with Crippen molar-refractivity contribution in [2.75, 3.05) is 19.6 Å². The molecule has 0 radical (unpaired) electrons. The second kappa shape index (κ2) is 6.82. The van der Waals surface area contributed by atoms with Crippen molar-refractivity contribution >= 4 is 34.4 Å². The van der Waals surface area contributed by atoms with E-state index in [1.165, 1.54) is 0 Å². The lowest BCUT2D eigenvalue weighted by atomic mass is 10.1. The minimum absolute atomic E-state index is 0.0242. The number of nitrogens with one attached hydrogen (secondary N) is 1. The molecule has 0 aliphatic carbocycles. The van der Waals surface area contributed by atoms with Crippen LogP contribution in [0.4, 0.5) is 0 Å². The van der Waals surface area contributed by atoms with Gasteiger partial charge < -0.3 is 10.2 Å². The van der Waals surface area contributed by atoms with Gasteiger partial charge in [0.1, 0.15) is 3.70 Å². The number of carbonyl (C=O) groups is 2. The average molecular weight is 389 g/mol. The minimum atomic E-state index is -0.328. The molecule has 1 aliphatic heterocycles. The Morgan fingerprint density at radius 1 is 1.50 bits per heavy atom. The van der Waals surface area contributed by atoms with E-state index in [-0.39, 0.29) is 24.4 Å². The number of hydrogen-bond acceptors (Lipinski definition) is 4. The monoisotopic (exact) mass is 389 g/mol. The van der Waals surface area contributed by atoms with Crippen molar-refractivity contribution in [1.29, 1.82) is 0 Å². The summed E-state index contributed by atoms with van der Waals surface area (Å²) in [6, 6.07) is 0.288. The first-order valence-electron chi connectivity index (χ1n) is 6.35. The minimum Gasteiger partial charge on any atom is -0.343 e. The van der Waals surface area contributed by atoms with Crippen molar-refractivity contribution in [3.8, 4) is 0 Å². The van der Waals surface area contributed by atoms with E-state index in [1.54, 1.807) is 11.1 Å². The van der Waals surface area contributed by atoms with E-state index in [9.17, 15) is 9.59 Å². The number of nitrogens with zero attached hydrogens (tertiary/aromatic N) is 4. The van der Waals surface area contributed by atoms with Crippen molar-refractivity contribution in [2.45, 2.75) is 18.9 Å². The van der Waals surface area contributed by atoms with Crippen LogP contribution in [-0.4, -0.2) is 51.3 Å². The van der Waals surface area contributed by atoms with Crippen molar-refractivity contribution in [2.24, 2.45) is 0 Å². The number of aromatic nitrogens is 3. The van der Waals surface area contributed by atoms with Crippen LogP contribution < -0.4 is 5.32 Å². The standard InChI is InChI=1S/C12H16IN5O2/c1-2-11(19)14-8-12(20)17-5-3-9(4-6-17)18-10(13)7-15-16-18/h2,7,9H,1,3-6,8H2,(H,14,19). The summed E-state index contributed by atoms with van der Waals surface area (Å²) in [4.78, 5) is 24.7. The van der Waals surface area contributed by atoms with Crippen LogP contribution in [0.5, 0.6) is 0 Å². The summed E-state index contributed by atoms with van der Waals surface area (Å²) in [6.07, 6.45) is 4.58. The fraction of sp³-hybridized carbons (Fsp3) is 0.500. The van der Waals surface area contributed by atoms with E-state index in [0.717, 1.165) is 22.6 Å². The van der Waals surface area contributed by atoms with Gasteiger partial charge in [0.25, 0.3) is 0 Å². The lowest BCUT2D eigenvalue weighted by Gasteiger charge is -2.32. The number of amides is 2. The normalized spacial score (nSPS) is 15.9. The highest BCUT2D eigenvalue weighted by Crippen LogP contribution is 2.23. The Morgan fingerprint density at radius 3 is 2.75 bits per heavy atom. The van der Waals surface area contributed by atoms with Gasteiger partial charge >= 0.3 is 0 Å². The Morgan fingerprint density at radius 2 is 2.20 bits per heavy atom. The van der Waals surface area contributed by atoms with Gasteiger partial charge in [0.2, 0.25) is 11.8 Å². The molecule has 20 heavy (non-hydrogen) atoms. The molecule has 2 rings (SSSR count). The predicted octanol–water partition coefficient (Wildman–Crippen LogP) is 0.348. The molecular formula is C12H16IN5O2. The zero-order valence-corrected chi connectivity index (χ0v) is 13.1. The Labute approximate surface area is 130 Å². The SMILES string of the molecule is C=CC(=O)NCC(=O)N1CCC(n2nncc2I)CC1. The largest absolute Gasteiger partial charge is 0.343 e. The molecule has 1 aromatic heterocycles. The molecule has 0 bridgehead atoms. The Bertz CT molecular complexity index is 508. The van der Waals surface area contributed by atoms with Crippen LogP contribution in [0.25, 0.3) is 0 Å². The number of hydrogen-bond donors (Lipinski definition) is 1. The van der Waals surface area contributed by atoms with Crippen molar-refractivity contribution < 1.29 is 9.59 Å². The van der Waals surface area contributed by atoms with Gasteiger partial charge in [-0.3, -0.25) is 9.59 Å². The smallest absolute Gasteiger partial charge is 0.243 e. The number of carbonyl (C=O) groups excluding carboxylic acids is 2. The molecule has 0 aromatic carbocycles. The summed E-state index contributed by atoms with van der Waals surface area (Å²) in [5.41, 5.74) is 0. The van der Waals surface area contributed by atoms with Gasteiger partial charge in [-0.1, -0.05) is 11.8 Å². The number of likely N-dealkylation sites (tertiary alicyclic amines) is 1. The van der Waals surface area contributed by atoms with Crippen molar-refractivity contribution in [3.63, 3.8) is 0 Å². The lowest BCUT2D eigenvalue weighted by Crippen LogP contribution is -2.44. The Balaban J connectivity index is 1.82. The fourth-order valence-corrected chi connectivity index (χ4v) is 2.80. The zero-order chi connectivity index (χ0) is 14.5. The molecule has 7 nitrogen and oxygen atoms in total. The molecule has 0 spiro atoms. The summed E-state index contributed by atoms with van der Waals surface area (Å²) >= 11 is 2.20. The second-order valence-corrected chi connectivity index (χ2v) is 5.64. The first-order valence-corrected chi connectivity index (χ1v) is 7.43. The molecule has 0 unspecified atom stereocenters.